The zero-order valence-corrected chi connectivity index (χ0v) is 19.7. The molecule has 0 bridgehead atoms. The van der Waals surface area contributed by atoms with Gasteiger partial charge in [-0.25, -0.2) is 9.48 Å². The van der Waals surface area contributed by atoms with Crippen LogP contribution in [0, 0.1) is 0 Å². The van der Waals surface area contributed by atoms with Gasteiger partial charge in [0.2, 0.25) is 5.91 Å². The highest BCUT2D eigenvalue weighted by Gasteiger charge is 2.22. The normalized spacial score (nSPS) is 11.2. The van der Waals surface area contributed by atoms with Gasteiger partial charge in [-0.05, 0) is 63.4 Å². The summed E-state index contributed by atoms with van der Waals surface area (Å²) in [5.41, 5.74) is 2.96. The summed E-state index contributed by atoms with van der Waals surface area (Å²) in [5, 5.41) is 7.37. The first-order valence-electron chi connectivity index (χ1n) is 11.2. The van der Waals surface area contributed by atoms with E-state index in [1.54, 1.807) is 15.8 Å². The van der Waals surface area contributed by atoms with Crippen LogP contribution in [-0.4, -0.2) is 38.8 Å². The topological polar surface area (TPSA) is 76.5 Å². The molecule has 3 rings (SSSR count). The van der Waals surface area contributed by atoms with E-state index < -0.39 is 5.60 Å². The Kier molecular flexibility index (Phi) is 7.87. The van der Waals surface area contributed by atoms with E-state index in [9.17, 15) is 9.59 Å². The van der Waals surface area contributed by atoms with Crippen molar-refractivity contribution in [2.24, 2.45) is 0 Å². The van der Waals surface area contributed by atoms with Crippen molar-refractivity contribution < 1.29 is 14.3 Å². The second kappa shape index (κ2) is 10.8. The molecule has 0 aliphatic heterocycles. The third-order valence-electron chi connectivity index (χ3n) is 4.98. The van der Waals surface area contributed by atoms with Gasteiger partial charge in [-0.3, -0.25) is 4.79 Å². The zero-order chi connectivity index (χ0) is 23.8. The van der Waals surface area contributed by atoms with Crippen LogP contribution >= 0.6 is 0 Å². The van der Waals surface area contributed by atoms with Crippen molar-refractivity contribution in [1.82, 2.24) is 14.7 Å². The Bertz CT molecular complexity index is 1070. The number of carbonyl (C=O) groups excluding carboxylic acids is 2. The molecule has 1 N–H and O–H groups in total. The Balaban J connectivity index is 1.59. The van der Waals surface area contributed by atoms with Crippen LogP contribution < -0.4 is 5.32 Å². The van der Waals surface area contributed by atoms with Gasteiger partial charge in [0.25, 0.3) is 0 Å². The Hall–Kier alpha value is -3.61. The molecule has 0 radical (unpaired) electrons. The lowest BCUT2D eigenvalue weighted by molar-refractivity contribution is -0.116. The van der Waals surface area contributed by atoms with Gasteiger partial charge in [-0.15, -0.1) is 0 Å². The highest BCUT2D eigenvalue weighted by Crippen LogP contribution is 2.20. The number of aromatic nitrogens is 2. The van der Waals surface area contributed by atoms with Crippen LogP contribution in [0.4, 0.5) is 10.5 Å². The smallest absolute Gasteiger partial charge is 0.410 e. The molecule has 0 saturated carbocycles. The minimum atomic E-state index is -0.563. The van der Waals surface area contributed by atoms with Crippen molar-refractivity contribution in [3.8, 4) is 5.69 Å². The molecule has 0 unspecified atom stereocenters. The lowest BCUT2D eigenvalue weighted by atomic mass is 10.1. The fourth-order valence-corrected chi connectivity index (χ4v) is 3.30. The van der Waals surface area contributed by atoms with Gasteiger partial charge in [0.05, 0.1) is 18.4 Å². The number of nitrogens with zero attached hydrogens (tertiary/aromatic N) is 3. The molecule has 7 nitrogen and oxygen atoms in total. The monoisotopic (exact) mass is 448 g/mol. The summed E-state index contributed by atoms with van der Waals surface area (Å²) in [7, 11) is 0. The van der Waals surface area contributed by atoms with E-state index in [1.807, 2.05) is 88.5 Å². The molecule has 0 spiro atoms. The predicted molar refractivity (Wildman–Crippen MR) is 129 cm³/mol. The highest BCUT2D eigenvalue weighted by atomic mass is 16.6. The summed E-state index contributed by atoms with van der Waals surface area (Å²) in [6.07, 6.45) is 4.27. The molecule has 3 aromatic rings. The molecule has 1 aromatic heterocycles. The molecule has 1 heterocycles. The van der Waals surface area contributed by atoms with Crippen molar-refractivity contribution in [2.45, 2.75) is 52.7 Å². The number of hydrogen-bond donors (Lipinski definition) is 1. The number of carbonyl (C=O) groups is 2. The number of anilines is 1. The molecule has 2 aromatic carbocycles. The number of hydrogen-bond acceptors (Lipinski definition) is 4. The Morgan fingerprint density at radius 3 is 2.45 bits per heavy atom. The largest absolute Gasteiger partial charge is 0.444 e. The van der Waals surface area contributed by atoms with Crippen LogP contribution in [0.3, 0.4) is 0 Å². The van der Waals surface area contributed by atoms with Gasteiger partial charge in [0.15, 0.2) is 0 Å². The molecular formula is C26H32N4O3. The lowest BCUT2D eigenvalue weighted by Crippen LogP contribution is -2.36. The van der Waals surface area contributed by atoms with Crippen molar-refractivity contribution in [2.75, 3.05) is 11.9 Å². The second-order valence-corrected chi connectivity index (χ2v) is 8.83. The van der Waals surface area contributed by atoms with E-state index in [0.717, 1.165) is 16.8 Å². The lowest BCUT2D eigenvalue weighted by Gasteiger charge is -2.27. The maximum absolute atomic E-state index is 12.6. The number of benzene rings is 2. The summed E-state index contributed by atoms with van der Waals surface area (Å²) in [6, 6.07) is 17.4. The summed E-state index contributed by atoms with van der Waals surface area (Å²) in [4.78, 5) is 26.8. The molecule has 33 heavy (non-hydrogen) atoms. The number of aryl methyl sites for hydroxylation is 1. The predicted octanol–water partition coefficient (Wildman–Crippen LogP) is 5.20. The van der Waals surface area contributed by atoms with Gasteiger partial charge >= 0.3 is 6.09 Å². The summed E-state index contributed by atoms with van der Waals surface area (Å²) >= 11 is 0. The van der Waals surface area contributed by atoms with Gasteiger partial charge < -0.3 is 15.0 Å². The van der Waals surface area contributed by atoms with Gasteiger partial charge in [-0.2, -0.15) is 5.10 Å². The molecule has 7 heteroatoms. The van der Waals surface area contributed by atoms with Gasteiger partial charge in [-0.1, -0.05) is 36.4 Å². The Morgan fingerprint density at radius 1 is 1.06 bits per heavy atom. The molecule has 2 amide bonds. The molecule has 174 valence electrons. The average Bonchev–Trinajstić information content (AvgIpc) is 3.25. The summed E-state index contributed by atoms with van der Waals surface area (Å²) in [6.45, 7) is 8.29. The van der Waals surface area contributed by atoms with E-state index >= 15 is 0 Å². The number of amides is 2. The van der Waals surface area contributed by atoms with E-state index in [4.69, 9.17) is 4.74 Å². The third-order valence-corrected chi connectivity index (χ3v) is 4.98. The standard InChI is InChI=1S/C26H32N4O3/c1-5-29(25(32)33-26(2,3)4)19-21-11-9-10-14-23(21)28-24(31)16-15-20-17-27-30(18-20)22-12-7-6-8-13-22/h6-14,17-18H,5,15-16,19H2,1-4H3,(H,28,31). The Morgan fingerprint density at radius 2 is 1.76 bits per heavy atom. The van der Waals surface area contributed by atoms with Crippen LogP contribution in [0.15, 0.2) is 67.0 Å². The van der Waals surface area contributed by atoms with Crippen molar-refractivity contribution >= 4 is 17.7 Å². The highest BCUT2D eigenvalue weighted by molar-refractivity contribution is 5.91. The van der Waals surface area contributed by atoms with Crippen molar-refractivity contribution in [1.29, 1.82) is 0 Å². The van der Waals surface area contributed by atoms with Crippen LogP contribution in [0.5, 0.6) is 0 Å². The van der Waals surface area contributed by atoms with E-state index in [1.165, 1.54) is 0 Å². The number of para-hydroxylation sites is 2. The SMILES string of the molecule is CCN(Cc1ccccc1NC(=O)CCc1cnn(-c2ccccc2)c1)C(=O)OC(C)(C)C. The van der Waals surface area contributed by atoms with Gasteiger partial charge in [0.1, 0.15) is 5.60 Å². The Labute approximate surface area is 195 Å². The molecule has 0 atom stereocenters. The van der Waals surface area contributed by atoms with E-state index in [0.29, 0.717) is 31.6 Å². The van der Waals surface area contributed by atoms with Crippen molar-refractivity contribution in [3.05, 3.63) is 78.1 Å². The summed E-state index contributed by atoms with van der Waals surface area (Å²) in [5.74, 6) is -0.0878. The molecule has 0 aliphatic carbocycles. The van der Waals surface area contributed by atoms with Crippen LogP contribution in [-0.2, 0) is 22.5 Å². The zero-order valence-electron chi connectivity index (χ0n) is 19.7. The van der Waals surface area contributed by atoms with E-state index in [-0.39, 0.29) is 12.0 Å². The van der Waals surface area contributed by atoms with Crippen LogP contribution in [0.2, 0.25) is 0 Å². The van der Waals surface area contributed by atoms with Crippen LogP contribution in [0.1, 0.15) is 45.2 Å². The fourth-order valence-electron chi connectivity index (χ4n) is 3.30. The minimum Gasteiger partial charge on any atom is -0.444 e. The maximum atomic E-state index is 12.6. The quantitative estimate of drug-likeness (QED) is 0.514. The first kappa shape index (κ1) is 24.0. The molecule has 0 saturated heterocycles. The molecular weight excluding hydrogens is 416 g/mol. The number of ether oxygens (including phenoxy) is 1. The molecule has 0 aliphatic rings. The molecule has 0 fully saturated rings. The maximum Gasteiger partial charge on any atom is 0.410 e. The van der Waals surface area contributed by atoms with Crippen LogP contribution in [0.25, 0.3) is 5.69 Å². The first-order valence-corrected chi connectivity index (χ1v) is 11.2. The second-order valence-electron chi connectivity index (χ2n) is 8.83. The number of nitrogens with one attached hydrogen (secondary N) is 1. The summed E-state index contributed by atoms with van der Waals surface area (Å²) < 4.78 is 7.30. The third kappa shape index (κ3) is 7.20. The first-order chi connectivity index (χ1) is 15.7. The van der Waals surface area contributed by atoms with Crippen molar-refractivity contribution in [3.63, 3.8) is 0 Å². The van der Waals surface area contributed by atoms with Gasteiger partial charge in [0, 0.05) is 24.8 Å². The average molecular weight is 449 g/mol. The fraction of sp³-hybridized carbons (Fsp3) is 0.346. The number of rotatable bonds is 8. The minimum absolute atomic E-state index is 0.0878. The van der Waals surface area contributed by atoms with E-state index in [2.05, 4.69) is 10.4 Å².